The maximum Gasteiger partial charge on any atom is 0.328 e. The molecule has 0 bridgehead atoms. The van der Waals surface area contributed by atoms with Crippen LogP contribution in [0.2, 0.25) is 0 Å². The van der Waals surface area contributed by atoms with Gasteiger partial charge in [0, 0.05) is 12.8 Å². The van der Waals surface area contributed by atoms with E-state index < -0.39 is 29.9 Å². The fourth-order valence-electron chi connectivity index (χ4n) is 2.03. The highest BCUT2D eigenvalue weighted by Crippen LogP contribution is 2.12. The molecule has 0 saturated heterocycles. The number of ether oxygens (including phenoxy) is 2. The first-order chi connectivity index (χ1) is 11.4. The molecule has 2 atom stereocenters. The molecule has 140 valence electrons. The lowest BCUT2D eigenvalue weighted by Gasteiger charge is -2.17. The number of aromatic hydroxyl groups is 1. The van der Waals surface area contributed by atoms with Crippen LogP contribution in [0.4, 0.5) is 0 Å². The van der Waals surface area contributed by atoms with Gasteiger partial charge >= 0.3 is 11.9 Å². The standard InChI is InChI=1S/C16H22N2O6.ClH/c1-23-15(21)12(17)7-8-14(20)18-13(16(22)24-2)9-10-3-5-11(19)6-4-10;/h3-6,12-13,19H,7-9,17H2,1-2H3,(H,18,20);1H/t12-,13-;/m0./s1. The highest BCUT2D eigenvalue weighted by molar-refractivity contribution is 5.85. The highest BCUT2D eigenvalue weighted by Gasteiger charge is 2.23. The number of halogens is 1. The molecule has 0 unspecified atom stereocenters. The van der Waals surface area contributed by atoms with Gasteiger partial charge in [0.1, 0.15) is 17.8 Å². The molecule has 0 aliphatic heterocycles. The van der Waals surface area contributed by atoms with Gasteiger partial charge in [-0.25, -0.2) is 4.79 Å². The van der Waals surface area contributed by atoms with Crippen molar-refractivity contribution in [3.8, 4) is 5.75 Å². The number of nitrogens with one attached hydrogen (secondary N) is 1. The Kier molecular flexibility index (Phi) is 10.2. The molecule has 0 aliphatic rings. The molecule has 1 aromatic carbocycles. The van der Waals surface area contributed by atoms with Crippen molar-refractivity contribution in [2.75, 3.05) is 14.2 Å². The van der Waals surface area contributed by atoms with Crippen molar-refractivity contribution in [2.24, 2.45) is 5.73 Å². The van der Waals surface area contributed by atoms with E-state index in [-0.39, 0.29) is 37.4 Å². The molecular formula is C16H23ClN2O6. The smallest absolute Gasteiger partial charge is 0.328 e. The van der Waals surface area contributed by atoms with Crippen LogP contribution in [0, 0.1) is 0 Å². The second-order valence-corrected chi connectivity index (χ2v) is 5.18. The molecule has 0 saturated carbocycles. The molecule has 0 radical (unpaired) electrons. The van der Waals surface area contributed by atoms with E-state index in [4.69, 9.17) is 5.73 Å². The van der Waals surface area contributed by atoms with Crippen molar-refractivity contribution in [3.63, 3.8) is 0 Å². The number of hydrogen-bond donors (Lipinski definition) is 3. The number of phenolic OH excluding ortho intramolecular Hbond substituents is 1. The average molecular weight is 375 g/mol. The SMILES string of the molecule is COC(=O)[C@H](Cc1ccc(O)cc1)NC(=O)CC[C@H](N)C(=O)OC.Cl. The van der Waals surface area contributed by atoms with E-state index in [9.17, 15) is 19.5 Å². The Labute approximate surface area is 152 Å². The lowest BCUT2D eigenvalue weighted by Crippen LogP contribution is -2.43. The maximum absolute atomic E-state index is 12.0. The predicted molar refractivity (Wildman–Crippen MR) is 92.2 cm³/mol. The summed E-state index contributed by atoms with van der Waals surface area (Å²) in [6, 6.07) is 4.49. The van der Waals surface area contributed by atoms with Crippen LogP contribution in [0.15, 0.2) is 24.3 Å². The van der Waals surface area contributed by atoms with Gasteiger partial charge in [-0.05, 0) is 24.1 Å². The van der Waals surface area contributed by atoms with Crippen LogP contribution in [0.5, 0.6) is 5.75 Å². The second kappa shape index (κ2) is 11.3. The monoisotopic (exact) mass is 374 g/mol. The number of phenols is 1. The van der Waals surface area contributed by atoms with E-state index in [1.54, 1.807) is 12.1 Å². The van der Waals surface area contributed by atoms with E-state index >= 15 is 0 Å². The summed E-state index contributed by atoms with van der Waals surface area (Å²) in [6.45, 7) is 0. The Morgan fingerprint density at radius 1 is 1.12 bits per heavy atom. The molecule has 4 N–H and O–H groups in total. The minimum absolute atomic E-state index is 0. The van der Waals surface area contributed by atoms with Gasteiger partial charge in [-0.3, -0.25) is 9.59 Å². The molecule has 1 amide bonds. The number of esters is 2. The number of rotatable bonds is 8. The number of benzene rings is 1. The van der Waals surface area contributed by atoms with Gasteiger partial charge < -0.3 is 25.6 Å². The lowest BCUT2D eigenvalue weighted by molar-refractivity contribution is -0.145. The molecule has 0 spiro atoms. The van der Waals surface area contributed by atoms with Crippen molar-refractivity contribution >= 4 is 30.3 Å². The summed E-state index contributed by atoms with van der Waals surface area (Å²) in [4.78, 5) is 35.0. The predicted octanol–water partition coefficient (Wildman–Crippen LogP) is 0.295. The van der Waals surface area contributed by atoms with E-state index in [1.165, 1.54) is 26.4 Å². The van der Waals surface area contributed by atoms with Crippen molar-refractivity contribution in [3.05, 3.63) is 29.8 Å². The number of hydrogen-bond acceptors (Lipinski definition) is 7. The zero-order chi connectivity index (χ0) is 18.1. The fourth-order valence-corrected chi connectivity index (χ4v) is 2.03. The number of nitrogens with two attached hydrogens (primary N) is 1. The van der Waals surface area contributed by atoms with Gasteiger partial charge in [0.2, 0.25) is 5.91 Å². The summed E-state index contributed by atoms with van der Waals surface area (Å²) >= 11 is 0. The summed E-state index contributed by atoms with van der Waals surface area (Å²) in [5.41, 5.74) is 6.31. The fraction of sp³-hybridized carbons (Fsp3) is 0.438. The summed E-state index contributed by atoms with van der Waals surface area (Å²) in [5, 5.41) is 11.8. The van der Waals surface area contributed by atoms with Crippen molar-refractivity contribution in [2.45, 2.75) is 31.3 Å². The normalized spacial score (nSPS) is 12.3. The Balaban J connectivity index is 0.00000576. The largest absolute Gasteiger partial charge is 0.508 e. The first-order valence-electron chi connectivity index (χ1n) is 7.36. The molecule has 8 nitrogen and oxygen atoms in total. The first-order valence-corrected chi connectivity index (χ1v) is 7.36. The Bertz CT molecular complexity index is 578. The minimum atomic E-state index is -0.894. The molecule has 0 heterocycles. The van der Waals surface area contributed by atoms with Gasteiger partial charge in [-0.2, -0.15) is 0 Å². The van der Waals surface area contributed by atoms with E-state index in [1.807, 2.05) is 0 Å². The van der Waals surface area contributed by atoms with Crippen LogP contribution < -0.4 is 11.1 Å². The zero-order valence-corrected chi connectivity index (χ0v) is 14.9. The summed E-state index contributed by atoms with van der Waals surface area (Å²) < 4.78 is 9.17. The molecule has 0 aromatic heterocycles. The van der Waals surface area contributed by atoms with Crippen LogP contribution in [0.25, 0.3) is 0 Å². The number of methoxy groups -OCH3 is 2. The van der Waals surface area contributed by atoms with E-state index in [0.29, 0.717) is 0 Å². The van der Waals surface area contributed by atoms with Crippen molar-refractivity contribution < 1.29 is 29.0 Å². The van der Waals surface area contributed by atoms with Gasteiger partial charge in [-0.15, -0.1) is 12.4 Å². The summed E-state index contributed by atoms with van der Waals surface area (Å²) in [6.07, 6.45) is 0.284. The Morgan fingerprint density at radius 3 is 2.20 bits per heavy atom. The lowest BCUT2D eigenvalue weighted by atomic mass is 10.1. The van der Waals surface area contributed by atoms with Gasteiger partial charge in [-0.1, -0.05) is 12.1 Å². The van der Waals surface area contributed by atoms with Gasteiger partial charge in [0.25, 0.3) is 0 Å². The van der Waals surface area contributed by atoms with Crippen LogP contribution in [-0.2, 0) is 30.3 Å². The molecule has 25 heavy (non-hydrogen) atoms. The average Bonchev–Trinajstić information content (AvgIpc) is 2.59. The number of carbonyl (C=O) groups excluding carboxylic acids is 3. The molecule has 1 aromatic rings. The molecule has 0 aliphatic carbocycles. The summed E-state index contributed by atoms with van der Waals surface area (Å²) in [7, 11) is 2.44. The van der Waals surface area contributed by atoms with Crippen molar-refractivity contribution in [1.82, 2.24) is 5.32 Å². The third-order valence-electron chi connectivity index (χ3n) is 3.38. The highest BCUT2D eigenvalue weighted by atomic mass is 35.5. The second-order valence-electron chi connectivity index (χ2n) is 5.18. The number of amides is 1. The minimum Gasteiger partial charge on any atom is -0.508 e. The molecular weight excluding hydrogens is 352 g/mol. The quantitative estimate of drug-likeness (QED) is 0.558. The summed E-state index contributed by atoms with van der Waals surface area (Å²) in [5.74, 6) is -1.51. The molecule has 9 heteroatoms. The zero-order valence-electron chi connectivity index (χ0n) is 14.1. The van der Waals surface area contributed by atoms with Gasteiger partial charge in [0.15, 0.2) is 0 Å². The topological polar surface area (TPSA) is 128 Å². The molecule has 1 rings (SSSR count). The van der Waals surface area contributed by atoms with Crippen LogP contribution in [-0.4, -0.2) is 49.3 Å². The third kappa shape index (κ3) is 7.86. The van der Waals surface area contributed by atoms with Crippen LogP contribution >= 0.6 is 12.4 Å². The van der Waals surface area contributed by atoms with Gasteiger partial charge in [0.05, 0.1) is 14.2 Å². The first kappa shape index (κ1) is 22.7. The van der Waals surface area contributed by atoms with E-state index in [0.717, 1.165) is 5.56 Å². The Hall–Kier alpha value is -2.32. The van der Waals surface area contributed by atoms with Crippen LogP contribution in [0.3, 0.4) is 0 Å². The van der Waals surface area contributed by atoms with Crippen molar-refractivity contribution in [1.29, 1.82) is 0 Å². The van der Waals surface area contributed by atoms with E-state index in [2.05, 4.69) is 14.8 Å². The number of carbonyl (C=O) groups is 3. The van der Waals surface area contributed by atoms with Crippen LogP contribution in [0.1, 0.15) is 18.4 Å². The molecule has 0 fully saturated rings. The maximum atomic E-state index is 12.0. The Morgan fingerprint density at radius 2 is 1.68 bits per heavy atom. The third-order valence-corrected chi connectivity index (χ3v) is 3.38.